The van der Waals surface area contributed by atoms with Crippen molar-refractivity contribution in [2.24, 2.45) is 7.05 Å². The minimum Gasteiger partial charge on any atom is -0.496 e. The zero-order valence-corrected chi connectivity index (χ0v) is 13.4. The van der Waals surface area contributed by atoms with E-state index in [1.807, 2.05) is 49.8 Å². The molecule has 2 rings (SSSR count). The van der Waals surface area contributed by atoms with Crippen LogP contribution in [0.2, 0.25) is 0 Å². The first-order valence-electron chi connectivity index (χ1n) is 7.11. The summed E-state index contributed by atoms with van der Waals surface area (Å²) in [4.78, 5) is 12.0. The number of amides is 1. The number of hydrogen-bond donors (Lipinski definition) is 1. The Morgan fingerprint density at radius 2 is 2.09 bits per heavy atom. The zero-order valence-electron chi connectivity index (χ0n) is 13.4. The molecule has 0 radical (unpaired) electrons. The van der Waals surface area contributed by atoms with Crippen LogP contribution in [0.25, 0.3) is 6.08 Å². The zero-order chi connectivity index (χ0) is 16.1. The third-order valence-electron chi connectivity index (χ3n) is 3.61. The second kappa shape index (κ2) is 6.93. The lowest BCUT2D eigenvalue weighted by atomic mass is 10.2. The first kappa shape index (κ1) is 15.8. The van der Waals surface area contributed by atoms with Crippen LogP contribution in [-0.4, -0.2) is 22.8 Å². The van der Waals surface area contributed by atoms with Gasteiger partial charge in [0.25, 0.3) is 0 Å². The van der Waals surface area contributed by atoms with E-state index in [4.69, 9.17) is 4.74 Å². The van der Waals surface area contributed by atoms with Gasteiger partial charge in [-0.1, -0.05) is 18.2 Å². The van der Waals surface area contributed by atoms with Crippen LogP contribution in [0.1, 0.15) is 22.5 Å². The van der Waals surface area contributed by atoms with E-state index >= 15 is 0 Å². The quantitative estimate of drug-likeness (QED) is 0.862. The van der Waals surface area contributed by atoms with E-state index in [0.29, 0.717) is 6.54 Å². The number of aryl methyl sites for hydroxylation is 2. The first-order chi connectivity index (χ1) is 10.5. The number of nitrogens with zero attached hydrogens (tertiary/aromatic N) is 2. The Bertz CT molecular complexity index is 702. The monoisotopic (exact) mass is 299 g/mol. The first-order valence-corrected chi connectivity index (χ1v) is 7.11. The number of methoxy groups -OCH3 is 1. The van der Waals surface area contributed by atoms with Crippen molar-refractivity contribution in [2.45, 2.75) is 20.4 Å². The molecule has 1 aromatic carbocycles. The van der Waals surface area contributed by atoms with Gasteiger partial charge in [0.1, 0.15) is 5.75 Å². The number of nitrogens with one attached hydrogen (secondary N) is 1. The largest absolute Gasteiger partial charge is 0.496 e. The summed E-state index contributed by atoms with van der Waals surface area (Å²) >= 11 is 0. The SMILES string of the molecule is COc1ccccc1CNC(=O)/C=C/c1c(C)nn(C)c1C. The molecule has 0 aliphatic carbocycles. The summed E-state index contributed by atoms with van der Waals surface area (Å²) in [6.45, 7) is 4.34. The topological polar surface area (TPSA) is 56.1 Å². The fourth-order valence-corrected chi connectivity index (χ4v) is 2.28. The maximum absolute atomic E-state index is 12.0. The normalized spacial score (nSPS) is 10.9. The van der Waals surface area contributed by atoms with Crippen molar-refractivity contribution in [1.29, 1.82) is 0 Å². The van der Waals surface area contributed by atoms with Gasteiger partial charge in [-0.05, 0) is 26.0 Å². The van der Waals surface area contributed by atoms with Crippen LogP contribution in [-0.2, 0) is 18.4 Å². The molecule has 5 heteroatoms. The molecule has 1 N–H and O–H groups in total. The van der Waals surface area contributed by atoms with E-state index in [-0.39, 0.29) is 5.91 Å². The van der Waals surface area contributed by atoms with Crippen LogP contribution in [0.4, 0.5) is 0 Å². The molecule has 116 valence electrons. The van der Waals surface area contributed by atoms with Crippen molar-refractivity contribution in [3.8, 4) is 5.75 Å². The van der Waals surface area contributed by atoms with Gasteiger partial charge in [0.05, 0.1) is 12.8 Å². The van der Waals surface area contributed by atoms with Crippen LogP contribution in [0, 0.1) is 13.8 Å². The molecule has 5 nitrogen and oxygen atoms in total. The van der Waals surface area contributed by atoms with E-state index in [9.17, 15) is 4.79 Å². The molecule has 0 atom stereocenters. The molecule has 0 saturated heterocycles. The lowest BCUT2D eigenvalue weighted by Gasteiger charge is -2.08. The highest BCUT2D eigenvalue weighted by Gasteiger charge is 2.07. The van der Waals surface area contributed by atoms with Gasteiger partial charge < -0.3 is 10.1 Å². The number of carbonyl (C=O) groups is 1. The van der Waals surface area contributed by atoms with Gasteiger partial charge in [-0.15, -0.1) is 0 Å². The molecule has 0 spiro atoms. The van der Waals surface area contributed by atoms with E-state index in [1.54, 1.807) is 13.2 Å². The Morgan fingerprint density at radius 1 is 1.36 bits per heavy atom. The maximum atomic E-state index is 12.0. The highest BCUT2D eigenvalue weighted by Crippen LogP contribution is 2.17. The number of aromatic nitrogens is 2. The minimum absolute atomic E-state index is 0.145. The summed E-state index contributed by atoms with van der Waals surface area (Å²) in [7, 11) is 3.51. The predicted octanol–water partition coefficient (Wildman–Crippen LogP) is 2.38. The molecule has 0 fully saturated rings. The van der Waals surface area contributed by atoms with E-state index < -0.39 is 0 Å². The smallest absolute Gasteiger partial charge is 0.244 e. The third-order valence-corrected chi connectivity index (χ3v) is 3.61. The minimum atomic E-state index is -0.145. The summed E-state index contributed by atoms with van der Waals surface area (Å²) in [5.74, 6) is 0.624. The number of carbonyl (C=O) groups excluding carboxylic acids is 1. The van der Waals surface area contributed by atoms with Gasteiger partial charge in [-0.3, -0.25) is 9.48 Å². The van der Waals surface area contributed by atoms with Crippen LogP contribution < -0.4 is 10.1 Å². The van der Waals surface area contributed by atoms with Gasteiger partial charge in [0, 0.05) is 36.5 Å². The van der Waals surface area contributed by atoms with Crippen LogP contribution >= 0.6 is 0 Å². The van der Waals surface area contributed by atoms with Gasteiger partial charge in [-0.25, -0.2) is 0 Å². The van der Waals surface area contributed by atoms with Crippen molar-refractivity contribution in [2.75, 3.05) is 7.11 Å². The summed E-state index contributed by atoms with van der Waals surface area (Å²) < 4.78 is 7.07. The van der Waals surface area contributed by atoms with E-state index in [2.05, 4.69) is 10.4 Å². The van der Waals surface area contributed by atoms with Gasteiger partial charge in [0.2, 0.25) is 5.91 Å². The number of benzene rings is 1. The molecule has 0 aliphatic heterocycles. The average Bonchev–Trinajstić information content (AvgIpc) is 2.76. The Kier molecular flexibility index (Phi) is 4.99. The highest BCUT2D eigenvalue weighted by molar-refractivity contribution is 5.92. The van der Waals surface area contributed by atoms with E-state index in [0.717, 1.165) is 28.3 Å². The summed E-state index contributed by atoms with van der Waals surface area (Å²) in [5, 5.41) is 7.18. The maximum Gasteiger partial charge on any atom is 0.244 e. The molecule has 0 aliphatic rings. The Morgan fingerprint density at radius 3 is 2.73 bits per heavy atom. The second-order valence-electron chi connectivity index (χ2n) is 5.07. The van der Waals surface area contributed by atoms with Crippen molar-refractivity contribution >= 4 is 12.0 Å². The Balaban J connectivity index is 2.00. The molecular formula is C17H21N3O2. The number of para-hydroxylation sites is 1. The van der Waals surface area contributed by atoms with Crippen LogP contribution in [0.3, 0.4) is 0 Å². The predicted molar refractivity (Wildman–Crippen MR) is 86.6 cm³/mol. The molecule has 0 saturated carbocycles. The third kappa shape index (κ3) is 3.55. The highest BCUT2D eigenvalue weighted by atomic mass is 16.5. The number of ether oxygens (including phenoxy) is 1. The summed E-state index contributed by atoms with van der Waals surface area (Å²) in [6, 6.07) is 7.62. The lowest BCUT2D eigenvalue weighted by molar-refractivity contribution is -0.116. The Labute approximate surface area is 130 Å². The van der Waals surface area contributed by atoms with Crippen molar-refractivity contribution in [3.63, 3.8) is 0 Å². The van der Waals surface area contributed by atoms with Crippen LogP contribution in [0.5, 0.6) is 5.75 Å². The molecule has 0 unspecified atom stereocenters. The van der Waals surface area contributed by atoms with E-state index in [1.165, 1.54) is 6.08 Å². The van der Waals surface area contributed by atoms with Crippen molar-refractivity contribution in [1.82, 2.24) is 15.1 Å². The fraction of sp³-hybridized carbons (Fsp3) is 0.294. The molecule has 1 aromatic heterocycles. The van der Waals surface area contributed by atoms with Crippen LogP contribution in [0.15, 0.2) is 30.3 Å². The van der Waals surface area contributed by atoms with Gasteiger partial charge in [0.15, 0.2) is 0 Å². The second-order valence-corrected chi connectivity index (χ2v) is 5.07. The molecule has 1 amide bonds. The summed E-state index contributed by atoms with van der Waals surface area (Å²) in [6.07, 6.45) is 3.33. The molecule has 22 heavy (non-hydrogen) atoms. The molecule has 1 heterocycles. The van der Waals surface area contributed by atoms with Crippen molar-refractivity contribution < 1.29 is 9.53 Å². The van der Waals surface area contributed by atoms with Crippen molar-refractivity contribution in [3.05, 3.63) is 52.9 Å². The number of hydrogen-bond acceptors (Lipinski definition) is 3. The standard InChI is InChI=1S/C17H21N3O2/c1-12-15(13(2)20(3)19-12)9-10-17(21)18-11-14-7-5-6-8-16(14)22-4/h5-10H,11H2,1-4H3,(H,18,21)/b10-9+. The van der Waals surface area contributed by atoms with Gasteiger partial charge >= 0.3 is 0 Å². The summed E-state index contributed by atoms with van der Waals surface area (Å²) in [5.41, 5.74) is 3.87. The lowest BCUT2D eigenvalue weighted by Crippen LogP contribution is -2.20. The molecule has 0 bridgehead atoms. The van der Waals surface area contributed by atoms with Gasteiger partial charge in [-0.2, -0.15) is 5.10 Å². The molecule has 2 aromatic rings. The fourth-order valence-electron chi connectivity index (χ4n) is 2.28. The number of rotatable bonds is 5. The average molecular weight is 299 g/mol. The Hall–Kier alpha value is -2.56. The molecular weight excluding hydrogens is 278 g/mol.